The number of amides is 4. The normalized spacial score (nSPS) is 18.1. The molecule has 3 rings (SSSR count). The molecule has 0 radical (unpaired) electrons. The van der Waals surface area contributed by atoms with Gasteiger partial charge in [-0.1, -0.05) is 0 Å². The summed E-state index contributed by atoms with van der Waals surface area (Å²) in [6, 6.07) is 6.35. The number of rotatable bonds is 6. The average molecular weight is 414 g/mol. The number of anilines is 2. The van der Waals surface area contributed by atoms with Gasteiger partial charge in [-0.25, -0.2) is 19.6 Å². The third-order valence-electron chi connectivity index (χ3n) is 4.82. The van der Waals surface area contributed by atoms with Crippen molar-refractivity contribution in [2.75, 3.05) is 24.9 Å². The fraction of sp³-hybridized carbons (Fsp3) is 0.400. The van der Waals surface area contributed by atoms with Crippen molar-refractivity contribution in [3.63, 3.8) is 0 Å². The highest BCUT2D eigenvalue weighted by Gasteiger charge is 2.24. The highest BCUT2D eigenvalue weighted by molar-refractivity contribution is 5.91. The van der Waals surface area contributed by atoms with Gasteiger partial charge in [0.1, 0.15) is 11.4 Å². The van der Waals surface area contributed by atoms with E-state index in [4.69, 9.17) is 9.47 Å². The van der Waals surface area contributed by atoms with Crippen molar-refractivity contribution in [2.24, 2.45) is 0 Å². The fourth-order valence-electron chi connectivity index (χ4n) is 3.37. The summed E-state index contributed by atoms with van der Waals surface area (Å²) in [5, 5.41) is 11.4. The van der Waals surface area contributed by atoms with Crippen LogP contribution < -0.4 is 30.7 Å². The van der Waals surface area contributed by atoms with E-state index >= 15 is 0 Å². The number of pyridine rings is 2. The first-order chi connectivity index (χ1) is 14.6. The Morgan fingerprint density at radius 1 is 0.800 bits per heavy atom. The van der Waals surface area contributed by atoms with Crippen molar-refractivity contribution in [1.29, 1.82) is 0 Å². The monoisotopic (exact) mass is 414 g/mol. The Kier molecular flexibility index (Phi) is 7.25. The van der Waals surface area contributed by atoms with E-state index in [0.717, 1.165) is 25.7 Å². The number of nitrogens with one attached hydrogen (secondary N) is 4. The first-order valence-corrected chi connectivity index (χ1v) is 9.72. The maximum absolute atomic E-state index is 12.3. The smallest absolute Gasteiger partial charge is 0.319 e. The Bertz CT molecular complexity index is 798. The summed E-state index contributed by atoms with van der Waals surface area (Å²) in [5.74, 6) is 0.716. The SMILES string of the molecule is COc1ncccc1NC(=O)NC1CCC(NC(=O)Nc2cccnc2OC)CC1. The number of methoxy groups -OCH3 is 2. The summed E-state index contributed by atoms with van der Waals surface area (Å²) in [6.07, 6.45) is 6.24. The summed E-state index contributed by atoms with van der Waals surface area (Å²) in [4.78, 5) is 32.6. The van der Waals surface area contributed by atoms with Crippen LogP contribution in [0.2, 0.25) is 0 Å². The van der Waals surface area contributed by atoms with Gasteiger partial charge in [-0.15, -0.1) is 0 Å². The molecule has 160 valence electrons. The summed E-state index contributed by atoms with van der Waals surface area (Å²) in [6.45, 7) is 0. The van der Waals surface area contributed by atoms with Crippen molar-refractivity contribution in [1.82, 2.24) is 20.6 Å². The lowest BCUT2D eigenvalue weighted by Crippen LogP contribution is -2.45. The van der Waals surface area contributed by atoms with Gasteiger partial charge in [0.25, 0.3) is 0 Å². The lowest BCUT2D eigenvalue weighted by molar-refractivity contribution is 0.233. The predicted molar refractivity (Wildman–Crippen MR) is 112 cm³/mol. The van der Waals surface area contributed by atoms with Gasteiger partial charge in [0.2, 0.25) is 11.8 Å². The van der Waals surface area contributed by atoms with Crippen LogP contribution in [-0.2, 0) is 0 Å². The molecule has 4 N–H and O–H groups in total. The number of ether oxygens (including phenoxy) is 2. The summed E-state index contributed by atoms with van der Waals surface area (Å²) in [7, 11) is 3.00. The summed E-state index contributed by atoms with van der Waals surface area (Å²) >= 11 is 0. The molecule has 10 nitrogen and oxygen atoms in total. The highest BCUT2D eigenvalue weighted by Crippen LogP contribution is 2.22. The molecule has 1 saturated carbocycles. The molecule has 0 unspecified atom stereocenters. The van der Waals surface area contributed by atoms with Crippen molar-refractivity contribution in [3.8, 4) is 11.8 Å². The molecule has 4 amide bonds. The van der Waals surface area contributed by atoms with E-state index in [0.29, 0.717) is 23.1 Å². The molecule has 1 aliphatic carbocycles. The topological polar surface area (TPSA) is 126 Å². The highest BCUT2D eigenvalue weighted by atomic mass is 16.5. The minimum absolute atomic E-state index is 0.0344. The zero-order valence-electron chi connectivity index (χ0n) is 17.0. The van der Waals surface area contributed by atoms with Crippen molar-refractivity contribution >= 4 is 23.4 Å². The molecular weight excluding hydrogens is 388 g/mol. The molecule has 0 spiro atoms. The Hall–Kier alpha value is -3.56. The van der Waals surface area contributed by atoms with Crippen LogP contribution in [0.5, 0.6) is 11.8 Å². The number of carbonyl (C=O) groups is 2. The number of carbonyl (C=O) groups excluding carboxylic acids is 2. The molecule has 0 bridgehead atoms. The van der Waals surface area contributed by atoms with Gasteiger partial charge < -0.3 is 30.7 Å². The van der Waals surface area contributed by atoms with Gasteiger partial charge in [-0.05, 0) is 49.9 Å². The molecule has 0 aromatic carbocycles. The predicted octanol–water partition coefficient (Wildman–Crippen LogP) is 2.75. The number of hydrogen-bond donors (Lipinski definition) is 4. The van der Waals surface area contributed by atoms with Crippen LogP contribution in [0.3, 0.4) is 0 Å². The second kappa shape index (κ2) is 10.3. The zero-order chi connectivity index (χ0) is 21.3. The molecule has 2 aromatic rings. The first-order valence-electron chi connectivity index (χ1n) is 9.72. The largest absolute Gasteiger partial charge is 0.480 e. The lowest BCUT2D eigenvalue weighted by atomic mass is 9.91. The molecule has 30 heavy (non-hydrogen) atoms. The third-order valence-corrected chi connectivity index (χ3v) is 4.82. The van der Waals surface area contributed by atoms with E-state index in [2.05, 4.69) is 31.2 Å². The average Bonchev–Trinajstić information content (AvgIpc) is 2.76. The van der Waals surface area contributed by atoms with E-state index in [1.165, 1.54) is 14.2 Å². The Labute approximate surface area is 174 Å². The lowest BCUT2D eigenvalue weighted by Gasteiger charge is -2.29. The van der Waals surface area contributed by atoms with Gasteiger partial charge in [-0.2, -0.15) is 0 Å². The van der Waals surface area contributed by atoms with E-state index in [9.17, 15) is 9.59 Å². The minimum atomic E-state index is -0.306. The number of urea groups is 2. The van der Waals surface area contributed by atoms with Crippen LogP contribution in [-0.4, -0.2) is 48.3 Å². The summed E-state index contributed by atoms with van der Waals surface area (Å²) < 4.78 is 10.3. The standard InChI is InChI=1S/C20H26N6O4/c1-29-17-15(5-3-11-21-17)25-19(27)23-13-7-9-14(10-8-13)24-20(28)26-16-6-4-12-22-18(16)30-2/h3-6,11-14H,7-10H2,1-2H3,(H2,23,25,27)(H2,24,26,28). The third kappa shape index (κ3) is 5.72. The van der Waals surface area contributed by atoms with E-state index in [1.54, 1.807) is 36.7 Å². The molecule has 2 aromatic heterocycles. The van der Waals surface area contributed by atoms with Crippen LogP contribution in [0.25, 0.3) is 0 Å². The maximum atomic E-state index is 12.3. The number of nitrogens with zero attached hydrogens (tertiary/aromatic N) is 2. The molecule has 1 aliphatic rings. The van der Waals surface area contributed by atoms with Gasteiger partial charge in [-0.3, -0.25) is 0 Å². The van der Waals surface area contributed by atoms with Gasteiger partial charge in [0.15, 0.2) is 0 Å². The molecule has 10 heteroatoms. The van der Waals surface area contributed by atoms with Crippen LogP contribution in [0.1, 0.15) is 25.7 Å². The number of hydrogen-bond acceptors (Lipinski definition) is 6. The zero-order valence-corrected chi connectivity index (χ0v) is 17.0. The van der Waals surface area contributed by atoms with E-state index in [-0.39, 0.29) is 24.1 Å². The quantitative estimate of drug-likeness (QED) is 0.576. The van der Waals surface area contributed by atoms with Gasteiger partial charge in [0.05, 0.1) is 14.2 Å². The van der Waals surface area contributed by atoms with Crippen molar-refractivity contribution < 1.29 is 19.1 Å². The van der Waals surface area contributed by atoms with Gasteiger partial charge in [0, 0.05) is 24.5 Å². The van der Waals surface area contributed by atoms with E-state index < -0.39 is 0 Å². The molecule has 0 atom stereocenters. The van der Waals surface area contributed by atoms with Crippen LogP contribution in [0.15, 0.2) is 36.7 Å². The molecular formula is C20H26N6O4. The van der Waals surface area contributed by atoms with E-state index in [1.807, 2.05) is 0 Å². The van der Waals surface area contributed by atoms with Gasteiger partial charge >= 0.3 is 12.1 Å². The van der Waals surface area contributed by atoms with Crippen LogP contribution in [0.4, 0.5) is 21.0 Å². The van der Waals surface area contributed by atoms with Crippen molar-refractivity contribution in [3.05, 3.63) is 36.7 Å². The van der Waals surface area contributed by atoms with Crippen molar-refractivity contribution in [2.45, 2.75) is 37.8 Å². The maximum Gasteiger partial charge on any atom is 0.319 e. The minimum Gasteiger partial charge on any atom is -0.480 e. The molecule has 0 aliphatic heterocycles. The second-order valence-corrected chi connectivity index (χ2v) is 6.87. The molecule has 1 fully saturated rings. The Balaban J connectivity index is 1.42. The number of aromatic nitrogens is 2. The molecule has 2 heterocycles. The second-order valence-electron chi connectivity index (χ2n) is 6.87. The fourth-order valence-corrected chi connectivity index (χ4v) is 3.37. The summed E-state index contributed by atoms with van der Waals surface area (Å²) in [5.41, 5.74) is 1.02. The Morgan fingerprint density at radius 3 is 1.57 bits per heavy atom. The van der Waals surface area contributed by atoms with Crippen LogP contribution in [0, 0.1) is 0 Å². The van der Waals surface area contributed by atoms with Crippen LogP contribution >= 0.6 is 0 Å². The first kappa shape index (κ1) is 21.2. The Morgan fingerprint density at radius 2 is 1.20 bits per heavy atom. The molecule has 0 saturated heterocycles.